The van der Waals surface area contributed by atoms with Crippen molar-refractivity contribution in [3.8, 4) is 5.69 Å². The standard InChI is InChI=1S/C16H22N4O/c1-19(11-16-4-2-3-9-21-16)10-14-5-7-15(8-6-14)20-13-17-12-18-20/h5-8,12-13,16H,2-4,9-11H2,1H3. The van der Waals surface area contributed by atoms with Crippen LogP contribution in [-0.2, 0) is 11.3 Å². The summed E-state index contributed by atoms with van der Waals surface area (Å²) < 4.78 is 7.56. The third kappa shape index (κ3) is 3.89. The van der Waals surface area contributed by atoms with E-state index in [0.29, 0.717) is 6.10 Å². The molecule has 0 saturated carbocycles. The molecule has 0 radical (unpaired) electrons. The fraction of sp³-hybridized carbons (Fsp3) is 0.500. The molecule has 1 aromatic heterocycles. The van der Waals surface area contributed by atoms with Gasteiger partial charge in [0.15, 0.2) is 0 Å². The second-order valence-corrected chi connectivity index (χ2v) is 5.69. The maximum absolute atomic E-state index is 5.79. The van der Waals surface area contributed by atoms with Gasteiger partial charge < -0.3 is 4.74 Å². The molecule has 1 saturated heterocycles. The van der Waals surface area contributed by atoms with Crippen LogP contribution in [0.1, 0.15) is 24.8 Å². The molecule has 5 heteroatoms. The number of hydrogen-bond donors (Lipinski definition) is 0. The second kappa shape index (κ2) is 6.83. The molecule has 1 fully saturated rings. The van der Waals surface area contributed by atoms with Crippen molar-refractivity contribution in [2.24, 2.45) is 0 Å². The molecule has 1 aliphatic rings. The van der Waals surface area contributed by atoms with Crippen molar-refractivity contribution in [2.75, 3.05) is 20.2 Å². The molecule has 3 rings (SSSR count). The lowest BCUT2D eigenvalue weighted by molar-refractivity contribution is -0.00259. The first kappa shape index (κ1) is 14.2. The predicted molar refractivity (Wildman–Crippen MR) is 81.3 cm³/mol. The lowest BCUT2D eigenvalue weighted by atomic mass is 10.1. The van der Waals surface area contributed by atoms with Gasteiger partial charge >= 0.3 is 0 Å². The summed E-state index contributed by atoms with van der Waals surface area (Å²) in [5.74, 6) is 0. The highest BCUT2D eigenvalue weighted by Crippen LogP contribution is 2.15. The van der Waals surface area contributed by atoms with Crippen LogP contribution in [0.5, 0.6) is 0 Å². The summed E-state index contributed by atoms with van der Waals surface area (Å²) in [6.45, 7) is 2.87. The van der Waals surface area contributed by atoms with Crippen LogP contribution in [0.4, 0.5) is 0 Å². The van der Waals surface area contributed by atoms with Crippen LogP contribution in [0.25, 0.3) is 5.69 Å². The molecule has 2 aromatic rings. The Hall–Kier alpha value is -1.72. The number of rotatable bonds is 5. The molecule has 112 valence electrons. The van der Waals surface area contributed by atoms with Gasteiger partial charge in [0, 0.05) is 19.7 Å². The molecule has 1 aromatic carbocycles. The minimum absolute atomic E-state index is 0.401. The van der Waals surface area contributed by atoms with E-state index in [1.807, 2.05) is 0 Å². The first-order chi connectivity index (χ1) is 10.3. The molecule has 1 aliphatic heterocycles. The van der Waals surface area contributed by atoms with E-state index in [9.17, 15) is 0 Å². The Kier molecular flexibility index (Phi) is 4.62. The molecule has 1 atom stereocenters. The molecule has 1 unspecified atom stereocenters. The molecular formula is C16H22N4O. The number of ether oxygens (including phenoxy) is 1. The monoisotopic (exact) mass is 286 g/mol. The van der Waals surface area contributed by atoms with Crippen molar-refractivity contribution < 1.29 is 4.74 Å². The summed E-state index contributed by atoms with van der Waals surface area (Å²) in [5, 5.41) is 4.13. The zero-order valence-corrected chi connectivity index (χ0v) is 12.5. The Labute approximate surface area is 125 Å². The molecule has 0 aliphatic carbocycles. The van der Waals surface area contributed by atoms with Gasteiger partial charge in [-0.2, -0.15) is 5.10 Å². The van der Waals surface area contributed by atoms with Crippen molar-refractivity contribution in [3.05, 3.63) is 42.5 Å². The average molecular weight is 286 g/mol. The SMILES string of the molecule is CN(Cc1ccc(-n2cncn2)cc1)CC1CCCCO1. The van der Waals surface area contributed by atoms with Crippen molar-refractivity contribution in [1.29, 1.82) is 0 Å². The van der Waals surface area contributed by atoms with E-state index in [0.717, 1.165) is 25.4 Å². The van der Waals surface area contributed by atoms with Crippen LogP contribution in [0.2, 0.25) is 0 Å². The van der Waals surface area contributed by atoms with Crippen LogP contribution in [-0.4, -0.2) is 46.0 Å². The predicted octanol–water partition coefficient (Wildman–Crippen LogP) is 2.27. The second-order valence-electron chi connectivity index (χ2n) is 5.69. The Bertz CT molecular complexity index is 532. The summed E-state index contributed by atoms with van der Waals surface area (Å²) in [5.41, 5.74) is 2.34. The van der Waals surface area contributed by atoms with Gasteiger partial charge in [0.1, 0.15) is 12.7 Å². The summed E-state index contributed by atoms with van der Waals surface area (Å²) in [6.07, 6.45) is 7.36. The van der Waals surface area contributed by atoms with E-state index in [1.54, 1.807) is 17.3 Å². The van der Waals surface area contributed by atoms with Gasteiger partial charge in [-0.05, 0) is 44.0 Å². The highest BCUT2D eigenvalue weighted by atomic mass is 16.5. The van der Waals surface area contributed by atoms with Crippen molar-refractivity contribution >= 4 is 0 Å². The third-order valence-corrected chi connectivity index (χ3v) is 3.86. The molecule has 0 spiro atoms. The third-order valence-electron chi connectivity index (χ3n) is 3.86. The largest absolute Gasteiger partial charge is 0.377 e. The molecular weight excluding hydrogens is 264 g/mol. The normalized spacial score (nSPS) is 19.0. The van der Waals surface area contributed by atoms with Crippen molar-refractivity contribution in [1.82, 2.24) is 19.7 Å². The fourth-order valence-electron chi connectivity index (χ4n) is 2.77. The van der Waals surface area contributed by atoms with E-state index >= 15 is 0 Å². The Morgan fingerprint density at radius 1 is 1.29 bits per heavy atom. The smallest absolute Gasteiger partial charge is 0.138 e. The quantitative estimate of drug-likeness (QED) is 0.845. The number of likely N-dealkylation sites (N-methyl/N-ethyl adjacent to an activating group) is 1. The zero-order valence-electron chi connectivity index (χ0n) is 12.5. The fourth-order valence-corrected chi connectivity index (χ4v) is 2.77. The zero-order chi connectivity index (χ0) is 14.5. The average Bonchev–Trinajstić information content (AvgIpc) is 3.03. The number of benzene rings is 1. The Morgan fingerprint density at radius 3 is 2.81 bits per heavy atom. The molecule has 5 nitrogen and oxygen atoms in total. The Morgan fingerprint density at radius 2 is 2.14 bits per heavy atom. The van der Waals surface area contributed by atoms with Crippen LogP contribution < -0.4 is 0 Å². The molecule has 2 heterocycles. The summed E-state index contributed by atoms with van der Waals surface area (Å²) in [7, 11) is 2.16. The first-order valence-corrected chi connectivity index (χ1v) is 7.55. The highest BCUT2D eigenvalue weighted by molar-refractivity contribution is 5.33. The van der Waals surface area contributed by atoms with Gasteiger partial charge in [-0.25, -0.2) is 9.67 Å². The van der Waals surface area contributed by atoms with Crippen LogP contribution in [0.15, 0.2) is 36.9 Å². The van der Waals surface area contributed by atoms with Crippen molar-refractivity contribution in [3.63, 3.8) is 0 Å². The van der Waals surface area contributed by atoms with Gasteiger partial charge in [0.25, 0.3) is 0 Å². The molecule has 21 heavy (non-hydrogen) atoms. The number of hydrogen-bond acceptors (Lipinski definition) is 4. The van der Waals surface area contributed by atoms with Gasteiger partial charge in [-0.1, -0.05) is 12.1 Å². The summed E-state index contributed by atoms with van der Waals surface area (Å²) >= 11 is 0. The lowest BCUT2D eigenvalue weighted by Crippen LogP contribution is -2.33. The number of nitrogens with zero attached hydrogens (tertiary/aromatic N) is 4. The van der Waals surface area contributed by atoms with Crippen LogP contribution >= 0.6 is 0 Å². The van der Waals surface area contributed by atoms with Crippen LogP contribution in [0.3, 0.4) is 0 Å². The summed E-state index contributed by atoms with van der Waals surface area (Å²) in [6, 6.07) is 8.45. The maximum atomic E-state index is 5.79. The highest BCUT2D eigenvalue weighted by Gasteiger charge is 2.15. The van der Waals surface area contributed by atoms with E-state index in [-0.39, 0.29) is 0 Å². The minimum atomic E-state index is 0.401. The topological polar surface area (TPSA) is 43.2 Å². The van der Waals surface area contributed by atoms with Crippen LogP contribution in [0, 0.1) is 0 Å². The lowest BCUT2D eigenvalue weighted by Gasteiger charge is -2.27. The van der Waals surface area contributed by atoms with Gasteiger partial charge in [0.2, 0.25) is 0 Å². The Balaban J connectivity index is 1.54. The summed E-state index contributed by atoms with van der Waals surface area (Å²) in [4.78, 5) is 6.30. The van der Waals surface area contributed by atoms with Crippen molar-refractivity contribution in [2.45, 2.75) is 31.9 Å². The van der Waals surface area contributed by atoms with Gasteiger partial charge in [0.05, 0.1) is 11.8 Å². The first-order valence-electron chi connectivity index (χ1n) is 7.55. The maximum Gasteiger partial charge on any atom is 0.138 e. The molecule has 0 N–H and O–H groups in total. The van der Waals surface area contributed by atoms with E-state index in [4.69, 9.17) is 4.74 Å². The van der Waals surface area contributed by atoms with E-state index < -0.39 is 0 Å². The number of aromatic nitrogens is 3. The molecule has 0 amide bonds. The van der Waals surface area contributed by atoms with E-state index in [1.165, 1.54) is 24.8 Å². The van der Waals surface area contributed by atoms with E-state index in [2.05, 4.69) is 46.3 Å². The molecule has 0 bridgehead atoms. The van der Waals surface area contributed by atoms with Gasteiger partial charge in [-0.15, -0.1) is 0 Å². The minimum Gasteiger partial charge on any atom is -0.377 e. The van der Waals surface area contributed by atoms with Gasteiger partial charge in [-0.3, -0.25) is 4.90 Å².